The third-order valence-corrected chi connectivity index (χ3v) is 7.82. The molecule has 3 aromatic carbocycles. The maximum absolute atomic E-state index is 13.2. The Morgan fingerprint density at radius 2 is 1.54 bits per heavy atom. The highest BCUT2D eigenvalue weighted by Gasteiger charge is 2.50. The second-order valence-electron chi connectivity index (χ2n) is 8.85. The number of anilines is 1. The first-order valence-electron chi connectivity index (χ1n) is 12.1. The highest BCUT2D eigenvalue weighted by atomic mass is 32.2. The monoisotopic (exact) mass is 556 g/mol. The van der Waals surface area contributed by atoms with Gasteiger partial charge in [-0.2, -0.15) is 0 Å². The highest BCUT2D eigenvalue weighted by Crippen LogP contribution is 2.32. The van der Waals surface area contributed by atoms with E-state index in [-0.39, 0.29) is 23.9 Å². The van der Waals surface area contributed by atoms with Gasteiger partial charge in [0, 0.05) is 11.8 Å². The second-order valence-corrected chi connectivity index (χ2v) is 10.5. The second kappa shape index (κ2) is 11.5. The van der Waals surface area contributed by atoms with Crippen molar-refractivity contribution >= 4 is 21.8 Å². The number of hydrogen-bond donors (Lipinski definition) is 2. The van der Waals surface area contributed by atoms with Gasteiger partial charge in [0.1, 0.15) is 40.1 Å². The molecule has 12 heteroatoms. The van der Waals surface area contributed by atoms with E-state index in [0.29, 0.717) is 22.9 Å². The first-order chi connectivity index (χ1) is 18.9. The van der Waals surface area contributed by atoms with Gasteiger partial charge < -0.3 is 28.4 Å². The van der Waals surface area contributed by atoms with Crippen LogP contribution in [0.4, 0.5) is 10.5 Å². The molecule has 2 heterocycles. The van der Waals surface area contributed by atoms with Crippen LogP contribution in [0, 0.1) is 0 Å². The molecule has 2 aliphatic rings. The summed E-state index contributed by atoms with van der Waals surface area (Å²) in [6.07, 6.45) is -2.66. The van der Waals surface area contributed by atoms with E-state index < -0.39 is 40.5 Å². The number of methoxy groups -OCH3 is 2. The summed E-state index contributed by atoms with van der Waals surface area (Å²) in [5.74, 6) is 1.86. The molecule has 0 spiro atoms. The Hall–Kier alpha value is -3.84. The molecule has 39 heavy (non-hydrogen) atoms. The van der Waals surface area contributed by atoms with Gasteiger partial charge >= 0.3 is 6.09 Å². The number of benzene rings is 3. The van der Waals surface area contributed by atoms with Crippen LogP contribution in [0.25, 0.3) is 0 Å². The van der Waals surface area contributed by atoms with E-state index in [1.165, 1.54) is 26.4 Å². The van der Waals surface area contributed by atoms with Crippen LogP contribution in [0.1, 0.15) is 0 Å². The lowest BCUT2D eigenvalue weighted by Gasteiger charge is -2.19. The van der Waals surface area contributed by atoms with Crippen LogP contribution in [0.3, 0.4) is 0 Å². The van der Waals surface area contributed by atoms with Gasteiger partial charge in [-0.3, -0.25) is 5.32 Å². The molecule has 2 saturated heterocycles. The lowest BCUT2D eigenvalue weighted by atomic mass is 10.1. The van der Waals surface area contributed by atoms with Crippen LogP contribution in [0.5, 0.6) is 23.0 Å². The third-order valence-electron chi connectivity index (χ3n) is 6.31. The summed E-state index contributed by atoms with van der Waals surface area (Å²) >= 11 is 0. The lowest BCUT2D eigenvalue weighted by Crippen LogP contribution is -2.44. The number of para-hydroxylation sites is 1. The van der Waals surface area contributed by atoms with E-state index in [4.69, 9.17) is 28.4 Å². The lowest BCUT2D eigenvalue weighted by molar-refractivity contribution is 0.00883. The molecule has 4 atom stereocenters. The standard InChI is InChI=1S/C27H28N2O9S/c1-33-20-12-13-22(34-2)24(14-20)39(31,32)29-21-15-35-26-23(16-36-25(21)26)38-27(30)28-17-8-10-19(11-9-17)37-18-6-4-3-5-7-18/h3-14,21,23,25-26,29H,15-16H2,1-2H3,(H,28,30). The summed E-state index contributed by atoms with van der Waals surface area (Å²) in [4.78, 5) is 12.5. The number of ether oxygens (including phenoxy) is 6. The zero-order valence-corrected chi connectivity index (χ0v) is 22.1. The summed E-state index contributed by atoms with van der Waals surface area (Å²) in [5.41, 5.74) is 0.515. The smallest absolute Gasteiger partial charge is 0.412 e. The summed E-state index contributed by atoms with van der Waals surface area (Å²) in [5, 5.41) is 2.67. The summed E-state index contributed by atoms with van der Waals surface area (Å²) in [7, 11) is -1.18. The summed E-state index contributed by atoms with van der Waals surface area (Å²) in [6, 6.07) is 20.0. The molecule has 0 aliphatic carbocycles. The highest BCUT2D eigenvalue weighted by molar-refractivity contribution is 7.89. The Balaban J connectivity index is 1.16. The molecule has 4 unspecified atom stereocenters. The minimum atomic E-state index is -4.01. The van der Waals surface area contributed by atoms with Gasteiger partial charge in [0.05, 0.1) is 33.5 Å². The van der Waals surface area contributed by atoms with Gasteiger partial charge in [-0.1, -0.05) is 18.2 Å². The SMILES string of the molecule is COc1ccc(OC)c(S(=O)(=O)NC2COC3C(OC(=O)Nc4ccc(Oc5ccccc5)cc4)COC23)c1. The molecule has 2 fully saturated rings. The number of hydrogen-bond acceptors (Lipinski definition) is 9. The van der Waals surface area contributed by atoms with E-state index >= 15 is 0 Å². The first kappa shape index (κ1) is 26.8. The summed E-state index contributed by atoms with van der Waals surface area (Å²) < 4.78 is 62.1. The molecule has 0 saturated carbocycles. The number of sulfonamides is 1. The number of nitrogens with one attached hydrogen (secondary N) is 2. The van der Waals surface area contributed by atoms with Crippen LogP contribution in [0.15, 0.2) is 77.7 Å². The molecule has 2 aliphatic heterocycles. The number of carbonyl (C=O) groups excluding carboxylic acids is 1. The van der Waals surface area contributed by atoms with Crippen molar-refractivity contribution in [1.82, 2.24) is 4.72 Å². The fourth-order valence-electron chi connectivity index (χ4n) is 4.44. The van der Waals surface area contributed by atoms with Crippen LogP contribution in [-0.4, -0.2) is 66.3 Å². The molecule has 0 aromatic heterocycles. The van der Waals surface area contributed by atoms with Crippen molar-refractivity contribution in [2.24, 2.45) is 0 Å². The molecule has 0 bridgehead atoms. The molecule has 2 N–H and O–H groups in total. The average molecular weight is 557 g/mol. The molecule has 0 radical (unpaired) electrons. The predicted octanol–water partition coefficient (Wildman–Crippen LogP) is 3.56. The van der Waals surface area contributed by atoms with Gasteiger partial charge in [0.2, 0.25) is 10.0 Å². The van der Waals surface area contributed by atoms with Crippen LogP contribution >= 0.6 is 0 Å². The van der Waals surface area contributed by atoms with E-state index in [1.54, 1.807) is 30.3 Å². The Morgan fingerprint density at radius 1 is 0.846 bits per heavy atom. The van der Waals surface area contributed by atoms with Crippen molar-refractivity contribution in [1.29, 1.82) is 0 Å². The molecular weight excluding hydrogens is 528 g/mol. The van der Waals surface area contributed by atoms with E-state index in [1.807, 2.05) is 30.3 Å². The maximum Gasteiger partial charge on any atom is 0.412 e. The Kier molecular flexibility index (Phi) is 7.89. The van der Waals surface area contributed by atoms with Crippen molar-refractivity contribution in [2.45, 2.75) is 29.2 Å². The molecule has 11 nitrogen and oxygen atoms in total. The van der Waals surface area contributed by atoms with Crippen molar-refractivity contribution in [3.05, 3.63) is 72.8 Å². The van der Waals surface area contributed by atoms with Crippen molar-refractivity contribution in [3.63, 3.8) is 0 Å². The molecule has 5 rings (SSSR count). The van der Waals surface area contributed by atoms with Gasteiger partial charge in [-0.15, -0.1) is 0 Å². The quantitative estimate of drug-likeness (QED) is 0.406. The minimum absolute atomic E-state index is 0.0468. The van der Waals surface area contributed by atoms with Gasteiger partial charge in [-0.25, -0.2) is 17.9 Å². The van der Waals surface area contributed by atoms with E-state index in [9.17, 15) is 13.2 Å². The molecule has 206 valence electrons. The predicted molar refractivity (Wildman–Crippen MR) is 140 cm³/mol. The fourth-order valence-corrected chi connectivity index (χ4v) is 5.85. The molecule has 1 amide bonds. The fraction of sp³-hybridized carbons (Fsp3) is 0.296. The Morgan fingerprint density at radius 3 is 2.26 bits per heavy atom. The van der Waals surface area contributed by atoms with Gasteiger partial charge in [0.25, 0.3) is 0 Å². The number of amides is 1. The topological polar surface area (TPSA) is 131 Å². The van der Waals surface area contributed by atoms with Crippen LogP contribution in [-0.2, 0) is 24.2 Å². The summed E-state index contributed by atoms with van der Waals surface area (Å²) in [6.45, 7) is 0.110. The third kappa shape index (κ3) is 6.09. The van der Waals surface area contributed by atoms with Crippen LogP contribution in [0.2, 0.25) is 0 Å². The molecular formula is C27H28N2O9S. The zero-order valence-electron chi connectivity index (χ0n) is 21.2. The van der Waals surface area contributed by atoms with E-state index in [0.717, 1.165) is 0 Å². The largest absolute Gasteiger partial charge is 0.497 e. The van der Waals surface area contributed by atoms with Gasteiger partial charge in [0.15, 0.2) is 6.10 Å². The van der Waals surface area contributed by atoms with Crippen molar-refractivity contribution in [2.75, 3.05) is 32.8 Å². The average Bonchev–Trinajstić information content (AvgIpc) is 3.52. The van der Waals surface area contributed by atoms with Crippen molar-refractivity contribution in [3.8, 4) is 23.0 Å². The maximum atomic E-state index is 13.2. The van der Waals surface area contributed by atoms with Crippen LogP contribution < -0.4 is 24.2 Å². The Labute approximate surface area is 226 Å². The minimum Gasteiger partial charge on any atom is -0.497 e. The number of carbonyl (C=O) groups is 1. The molecule has 3 aromatic rings. The normalized spacial score (nSPS) is 22.1. The first-order valence-corrected chi connectivity index (χ1v) is 13.6. The number of fused-ring (bicyclic) bond motifs is 1. The number of rotatable bonds is 9. The zero-order chi connectivity index (χ0) is 27.4. The van der Waals surface area contributed by atoms with Gasteiger partial charge in [-0.05, 0) is 48.5 Å². The van der Waals surface area contributed by atoms with Crippen molar-refractivity contribution < 1.29 is 41.6 Å². The van der Waals surface area contributed by atoms with E-state index in [2.05, 4.69) is 10.0 Å². The Bertz CT molecular complexity index is 1400.